The molecule has 2 aliphatic heterocycles. The molecule has 0 spiro atoms. The van der Waals surface area contributed by atoms with Crippen LogP contribution in [0.1, 0.15) is 27.2 Å². The summed E-state index contributed by atoms with van der Waals surface area (Å²) in [6.45, 7) is 10.5. The van der Waals surface area contributed by atoms with Crippen LogP contribution in [-0.4, -0.2) is 79.6 Å². The van der Waals surface area contributed by atoms with E-state index in [0.717, 1.165) is 26.2 Å². The maximum atomic E-state index is 11.3. The van der Waals surface area contributed by atoms with Crippen molar-refractivity contribution in [2.24, 2.45) is 0 Å². The summed E-state index contributed by atoms with van der Waals surface area (Å²) in [5, 5.41) is 3.13. The fourth-order valence-electron chi connectivity index (χ4n) is 2.66. The van der Waals surface area contributed by atoms with E-state index in [-0.39, 0.29) is 22.2 Å². The van der Waals surface area contributed by atoms with Gasteiger partial charge < -0.3 is 15.0 Å². The van der Waals surface area contributed by atoms with Gasteiger partial charge in [-0.25, -0.2) is 9.59 Å². The van der Waals surface area contributed by atoms with Crippen molar-refractivity contribution < 1.29 is 23.6 Å². The van der Waals surface area contributed by atoms with Gasteiger partial charge in [0.25, 0.3) is 0 Å². The number of morpholine rings is 1. The molecule has 0 aliphatic carbocycles. The quantitative estimate of drug-likeness (QED) is 0.676. The molecule has 2 saturated heterocycles. The second kappa shape index (κ2) is 8.97. The molecule has 2 rings (SSSR count). The molecule has 3 amide bonds. The SMILES string of the molecule is CC(=O)[N+]1(C(C)=O)CCNCC1.CCC(=O)N1CCOCC1. The molecule has 7 heteroatoms. The summed E-state index contributed by atoms with van der Waals surface area (Å²) in [5.41, 5.74) is 0. The molecule has 2 fully saturated rings. The van der Waals surface area contributed by atoms with Gasteiger partial charge in [0.15, 0.2) is 0 Å². The Labute approximate surface area is 132 Å². The van der Waals surface area contributed by atoms with Crippen LogP contribution in [0.25, 0.3) is 0 Å². The lowest BCUT2D eigenvalue weighted by molar-refractivity contribution is -0.780. The van der Waals surface area contributed by atoms with E-state index in [0.29, 0.717) is 32.7 Å². The van der Waals surface area contributed by atoms with Gasteiger partial charge in [0.05, 0.1) is 27.1 Å². The third kappa shape index (κ3) is 4.86. The number of carbonyl (C=O) groups is 3. The van der Waals surface area contributed by atoms with Gasteiger partial charge in [-0.3, -0.25) is 4.79 Å². The van der Waals surface area contributed by atoms with Crippen molar-refractivity contribution in [1.82, 2.24) is 10.2 Å². The highest BCUT2D eigenvalue weighted by molar-refractivity contribution is 5.82. The van der Waals surface area contributed by atoms with Gasteiger partial charge in [-0.1, -0.05) is 6.92 Å². The van der Waals surface area contributed by atoms with Gasteiger partial charge in [-0.2, -0.15) is 4.48 Å². The number of imide groups is 1. The third-order valence-electron chi connectivity index (χ3n) is 4.21. The Bertz CT molecular complexity index is 384. The zero-order valence-electron chi connectivity index (χ0n) is 13.9. The Kier molecular flexibility index (Phi) is 7.64. The van der Waals surface area contributed by atoms with E-state index in [9.17, 15) is 14.4 Å². The van der Waals surface area contributed by atoms with Crippen LogP contribution in [0.4, 0.5) is 0 Å². The molecule has 1 N–H and O–H groups in total. The highest BCUT2D eigenvalue weighted by Crippen LogP contribution is 2.10. The van der Waals surface area contributed by atoms with E-state index in [1.165, 1.54) is 13.8 Å². The van der Waals surface area contributed by atoms with Crippen LogP contribution in [0.3, 0.4) is 0 Å². The smallest absolute Gasteiger partial charge is 0.318 e. The molecular formula is C15H28N3O4+. The Morgan fingerprint density at radius 3 is 1.91 bits per heavy atom. The Morgan fingerprint density at radius 1 is 1.05 bits per heavy atom. The number of nitrogens with zero attached hydrogens (tertiary/aromatic N) is 2. The van der Waals surface area contributed by atoms with E-state index in [4.69, 9.17) is 4.74 Å². The van der Waals surface area contributed by atoms with Gasteiger partial charge in [0.1, 0.15) is 13.1 Å². The molecular weight excluding hydrogens is 286 g/mol. The molecule has 0 saturated carbocycles. The van der Waals surface area contributed by atoms with E-state index < -0.39 is 0 Å². The van der Waals surface area contributed by atoms with E-state index in [1.54, 1.807) is 0 Å². The summed E-state index contributed by atoms with van der Waals surface area (Å²) in [7, 11) is 0. The molecule has 126 valence electrons. The number of piperazine rings is 1. The van der Waals surface area contributed by atoms with Crippen LogP contribution >= 0.6 is 0 Å². The van der Waals surface area contributed by atoms with Crippen LogP contribution in [0.2, 0.25) is 0 Å². The number of nitrogens with one attached hydrogen (secondary N) is 1. The fourth-order valence-corrected chi connectivity index (χ4v) is 2.66. The van der Waals surface area contributed by atoms with Crippen molar-refractivity contribution in [1.29, 1.82) is 0 Å². The van der Waals surface area contributed by atoms with E-state index in [2.05, 4.69) is 5.32 Å². The van der Waals surface area contributed by atoms with Gasteiger partial charge in [-0.05, 0) is 0 Å². The van der Waals surface area contributed by atoms with Gasteiger partial charge in [0.2, 0.25) is 5.91 Å². The van der Waals surface area contributed by atoms with Crippen LogP contribution in [0, 0.1) is 0 Å². The largest absolute Gasteiger partial charge is 0.378 e. The molecule has 0 radical (unpaired) electrons. The molecule has 0 aromatic rings. The first kappa shape index (κ1) is 18.7. The first-order chi connectivity index (χ1) is 10.4. The van der Waals surface area contributed by atoms with Crippen molar-refractivity contribution in [2.45, 2.75) is 27.2 Å². The van der Waals surface area contributed by atoms with Crippen LogP contribution < -0.4 is 5.32 Å². The monoisotopic (exact) mass is 314 g/mol. The number of carbonyl (C=O) groups excluding carboxylic acids is 3. The Morgan fingerprint density at radius 2 is 1.55 bits per heavy atom. The minimum Gasteiger partial charge on any atom is -0.378 e. The van der Waals surface area contributed by atoms with Crippen LogP contribution in [0.5, 0.6) is 0 Å². The van der Waals surface area contributed by atoms with Crippen molar-refractivity contribution in [3.63, 3.8) is 0 Å². The normalized spacial score (nSPS) is 20.6. The predicted octanol–water partition coefficient (Wildman–Crippen LogP) is -0.245. The molecule has 22 heavy (non-hydrogen) atoms. The van der Waals surface area contributed by atoms with Gasteiger partial charge >= 0.3 is 11.8 Å². The lowest BCUT2D eigenvalue weighted by Crippen LogP contribution is -2.63. The summed E-state index contributed by atoms with van der Waals surface area (Å²) >= 11 is 0. The molecule has 2 heterocycles. The summed E-state index contributed by atoms with van der Waals surface area (Å²) in [5.74, 6) is 0.163. The Balaban J connectivity index is 0.000000224. The molecule has 0 bridgehead atoms. The second-order valence-corrected chi connectivity index (χ2v) is 5.55. The lowest BCUT2D eigenvalue weighted by atomic mass is 10.2. The number of hydrogen-bond acceptors (Lipinski definition) is 5. The molecule has 0 unspecified atom stereocenters. The highest BCUT2D eigenvalue weighted by atomic mass is 16.5. The average molecular weight is 314 g/mol. The maximum absolute atomic E-state index is 11.3. The number of quaternary nitrogens is 1. The minimum atomic E-state index is -0.0380. The maximum Gasteiger partial charge on any atom is 0.318 e. The van der Waals surface area contributed by atoms with Crippen LogP contribution in [0.15, 0.2) is 0 Å². The van der Waals surface area contributed by atoms with Crippen molar-refractivity contribution in [2.75, 3.05) is 52.5 Å². The average Bonchev–Trinajstić information content (AvgIpc) is 2.55. The third-order valence-corrected chi connectivity index (χ3v) is 4.21. The zero-order valence-corrected chi connectivity index (χ0v) is 13.9. The summed E-state index contributed by atoms with van der Waals surface area (Å²) in [6, 6.07) is 0. The van der Waals surface area contributed by atoms with Crippen molar-refractivity contribution >= 4 is 17.7 Å². The molecule has 0 aromatic heterocycles. The number of amides is 3. The fraction of sp³-hybridized carbons (Fsp3) is 0.800. The van der Waals surface area contributed by atoms with Crippen molar-refractivity contribution in [3.8, 4) is 0 Å². The van der Waals surface area contributed by atoms with Crippen molar-refractivity contribution in [3.05, 3.63) is 0 Å². The Hall–Kier alpha value is -1.31. The van der Waals surface area contributed by atoms with Crippen LogP contribution in [-0.2, 0) is 19.1 Å². The van der Waals surface area contributed by atoms with E-state index in [1.807, 2.05) is 11.8 Å². The number of rotatable bonds is 1. The second-order valence-electron chi connectivity index (χ2n) is 5.55. The zero-order chi connectivity index (χ0) is 16.6. The van der Waals surface area contributed by atoms with Gasteiger partial charge in [-0.15, -0.1) is 0 Å². The topological polar surface area (TPSA) is 75.7 Å². The summed E-state index contributed by atoms with van der Waals surface area (Å²) in [6.07, 6.45) is 0.611. The molecule has 7 nitrogen and oxygen atoms in total. The first-order valence-electron chi connectivity index (χ1n) is 7.89. The summed E-state index contributed by atoms with van der Waals surface area (Å²) in [4.78, 5) is 35.5. The first-order valence-corrected chi connectivity index (χ1v) is 7.89. The summed E-state index contributed by atoms with van der Waals surface area (Å²) < 4.78 is 5.12. The standard InChI is InChI=1S/C8H15N2O2.C7H13NO2/c1-7(11)10(8(2)12)5-3-9-4-6-10;1-2-7(9)8-3-5-10-6-4-8/h9H,3-6H2,1-2H3;2-6H2,1H3/q+1;. The van der Waals surface area contributed by atoms with E-state index >= 15 is 0 Å². The molecule has 0 atom stereocenters. The minimum absolute atomic E-state index is 0.0208. The number of ether oxygens (including phenoxy) is 1. The predicted molar refractivity (Wildman–Crippen MR) is 81.9 cm³/mol. The molecule has 2 aliphatic rings. The molecule has 0 aromatic carbocycles. The highest BCUT2D eigenvalue weighted by Gasteiger charge is 2.39. The van der Waals surface area contributed by atoms with Gasteiger partial charge in [0, 0.05) is 32.6 Å². The lowest BCUT2D eigenvalue weighted by Gasteiger charge is -2.34. The number of hydrogen-bond donors (Lipinski definition) is 1.